The monoisotopic (exact) mass is 404 g/mol. The second-order valence-corrected chi connectivity index (χ2v) is 6.78. The van der Waals surface area contributed by atoms with Gasteiger partial charge in [0, 0.05) is 0 Å². The maximum absolute atomic E-state index is 6.07. The summed E-state index contributed by atoms with van der Waals surface area (Å²) in [5.74, 6) is 3.91. The van der Waals surface area contributed by atoms with Gasteiger partial charge in [0.25, 0.3) is 0 Å². The van der Waals surface area contributed by atoms with Gasteiger partial charge in [-0.25, -0.2) is 0 Å². The van der Waals surface area contributed by atoms with Gasteiger partial charge in [0.2, 0.25) is 0 Å². The van der Waals surface area contributed by atoms with Crippen molar-refractivity contribution in [3.8, 4) is 18.1 Å². The van der Waals surface area contributed by atoms with Gasteiger partial charge in [0.1, 0.15) is 0 Å². The SMILES string of the molecule is [B]=C(COc1ccc2ncnc(Nc3cccc(C#C)c3)c2c1)Nc1ccccc1N. The fourth-order valence-corrected chi connectivity index (χ4v) is 3.03. The van der Waals surface area contributed by atoms with Crippen molar-refractivity contribution in [3.05, 3.63) is 78.6 Å². The molecule has 0 spiro atoms. The summed E-state index contributed by atoms with van der Waals surface area (Å²) in [5, 5.41) is 7.17. The van der Waals surface area contributed by atoms with Crippen molar-refractivity contribution in [2.45, 2.75) is 0 Å². The number of terminal acetylenes is 1. The number of hydrogen-bond donors (Lipinski definition) is 3. The third-order valence-corrected chi connectivity index (χ3v) is 4.55. The molecule has 7 heteroatoms. The van der Waals surface area contributed by atoms with E-state index in [1.807, 2.05) is 60.7 Å². The second kappa shape index (κ2) is 9.01. The third kappa shape index (κ3) is 4.82. The Morgan fingerprint density at radius 1 is 1.06 bits per heavy atom. The summed E-state index contributed by atoms with van der Waals surface area (Å²) in [7, 11) is 6.07. The van der Waals surface area contributed by atoms with E-state index in [9.17, 15) is 0 Å². The average Bonchev–Trinajstić information content (AvgIpc) is 2.79. The minimum atomic E-state index is 0.167. The van der Waals surface area contributed by atoms with Gasteiger partial charge < -0.3 is 0 Å². The fourth-order valence-electron chi connectivity index (χ4n) is 3.03. The molecule has 4 rings (SSSR count). The van der Waals surface area contributed by atoms with Gasteiger partial charge in [-0.1, -0.05) is 0 Å². The molecule has 1 heterocycles. The molecule has 0 aliphatic carbocycles. The summed E-state index contributed by atoms with van der Waals surface area (Å²) in [4.78, 5) is 8.70. The molecular formula is C24H19BN5O. The molecule has 0 aliphatic rings. The van der Waals surface area contributed by atoms with Crippen LogP contribution in [0.15, 0.2) is 73.1 Å². The quantitative estimate of drug-likeness (QED) is 0.247. The van der Waals surface area contributed by atoms with Crippen molar-refractivity contribution < 1.29 is 4.74 Å². The van der Waals surface area contributed by atoms with E-state index in [-0.39, 0.29) is 6.61 Å². The summed E-state index contributed by atoms with van der Waals surface area (Å²) in [5.41, 5.74) is 10.1. The molecule has 0 fully saturated rings. The number of nitrogens with one attached hydrogen (secondary N) is 2. The van der Waals surface area contributed by atoms with E-state index in [2.05, 4.69) is 26.5 Å². The Bertz CT molecular complexity index is 1300. The summed E-state index contributed by atoms with van der Waals surface area (Å²) in [6, 6.07) is 20.5. The van der Waals surface area contributed by atoms with Gasteiger partial charge >= 0.3 is 175 Å². The molecule has 1 radical (unpaired) electrons. The molecule has 1 aromatic heterocycles. The summed E-state index contributed by atoms with van der Waals surface area (Å²) in [6.45, 7) is 0.167. The van der Waals surface area contributed by atoms with Crippen molar-refractivity contribution in [3.63, 3.8) is 0 Å². The van der Waals surface area contributed by atoms with Crippen molar-refractivity contribution in [2.75, 3.05) is 23.0 Å². The number of fused-ring (bicyclic) bond motifs is 1. The number of nitrogens with two attached hydrogens (primary N) is 1. The van der Waals surface area contributed by atoms with Crippen LogP contribution < -0.4 is 21.1 Å². The zero-order valence-corrected chi connectivity index (χ0v) is 16.7. The molecule has 0 unspecified atom stereocenters. The Morgan fingerprint density at radius 2 is 1.94 bits per heavy atom. The molecule has 6 nitrogen and oxygen atoms in total. The van der Waals surface area contributed by atoms with Crippen LogP contribution in [0.4, 0.5) is 22.9 Å². The average molecular weight is 404 g/mol. The number of ether oxygens (including phenoxy) is 1. The van der Waals surface area contributed by atoms with Crippen molar-refractivity contribution in [1.29, 1.82) is 0 Å². The first-order valence-electron chi connectivity index (χ1n) is 9.56. The Morgan fingerprint density at radius 3 is 2.77 bits per heavy atom. The number of benzene rings is 3. The molecule has 0 saturated carbocycles. The van der Waals surface area contributed by atoms with E-state index in [1.54, 1.807) is 6.07 Å². The number of aromatic nitrogens is 2. The number of rotatable bonds is 7. The molecule has 0 bridgehead atoms. The van der Waals surface area contributed by atoms with Crippen LogP contribution in [0.5, 0.6) is 5.75 Å². The molecular weight excluding hydrogens is 385 g/mol. The van der Waals surface area contributed by atoms with Crippen LogP contribution in [-0.2, 0) is 0 Å². The standard InChI is InChI=1S/C24H19BN5O/c1-2-16-6-5-7-17(12-16)29-24-19-13-18(10-11-21(19)27-15-28-24)31-14-23(25)30-22-9-4-3-8-20(22)26/h1,3-13,15,30H,14,26H2,(H,27,28,29). The van der Waals surface area contributed by atoms with E-state index in [4.69, 9.17) is 24.4 Å². The first-order chi connectivity index (χ1) is 15.1. The normalized spacial score (nSPS) is 10.3. The Balaban J connectivity index is 1.50. The predicted octanol–water partition coefficient (Wildman–Crippen LogP) is 3.73. The zero-order valence-electron chi connectivity index (χ0n) is 16.7. The maximum atomic E-state index is 6.07. The van der Waals surface area contributed by atoms with Crippen LogP contribution in [0.2, 0.25) is 0 Å². The summed E-state index contributed by atoms with van der Waals surface area (Å²) >= 11 is 0. The van der Waals surface area contributed by atoms with Crippen molar-refractivity contribution in [1.82, 2.24) is 9.97 Å². The topological polar surface area (TPSA) is 85.1 Å². The molecule has 0 aliphatic heterocycles. The van der Waals surface area contributed by atoms with Crippen LogP contribution in [0.1, 0.15) is 5.56 Å². The molecule has 149 valence electrons. The fraction of sp³-hybridized carbons (Fsp3) is 0.0417. The molecule has 31 heavy (non-hydrogen) atoms. The van der Waals surface area contributed by atoms with Crippen molar-refractivity contribution in [2.24, 2.45) is 0 Å². The molecule has 4 aromatic rings. The van der Waals surface area contributed by atoms with Crippen LogP contribution in [0.3, 0.4) is 0 Å². The number of nitrogens with zero attached hydrogens (tertiary/aromatic N) is 2. The zero-order chi connectivity index (χ0) is 21.6. The van der Waals surface area contributed by atoms with E-state index < -0.39 is 0 Å². The summed E-state index contributed by atoms with van der Waals surface area (Å²) < 4.78 is 5.85. The first-order valence-corrected chi connectivity index (χ1v) is 9.56. The van der Waals surface area contributed by atoms with Gasteiger partial charge in [-0.3, -0.25) is 0 Å². The van der Waals surface area contributed by atoms with Crippen molar-refractivity contribution >= 4 is 46.9 Å². The molecule has 0 saturated heterocycles. The van der Waals surface area contributed by atoms with Crippen LogP contribution in [-0.4, -0.2) is 29.6 Å². The van der Waals surface area contributed by atoms with Crippen LogP contribution >= 0.6 is 0 Å². The van der Waals surface area contributed by atoms with Gasteiger partial charge in [-0.15, -0.1) is 6.42 Å². The van der Waals surface area contributed by atoms with E-state index in [0.29, 0.717) is 22.8 Å². The van der Waals surface area contributed by atoms with E-state index in [1.165, 1.54) is 6.33 Å². The van der Waals surface area contributed by atoms with Crippen LogP contribution in [0.25, 0.3) is 10.9 Å². The Hall–Kier alpha value is -4.31. The van der Waals surface area contributed by atoms with Gasteiger partial charge in [-0.2, -0.15) is 0 Å². The van der Waals surface area contributed by atoms with Crippen LogP contribution in [0, 0.1) is 12.3 Å². The number of hydrogen-bond acceptors (Lipinski definition) is 6. The van der Waals surface area contributed by atoms with E-state index in [0.717, 1.165) is 27.8 Å². The molecule has 3 aromatic carbocycles. The summed E-state index contributed by atoms with van der Waals surface area (Å²) in [6.07, 6.45) is 7.00. The Labute approximate surface area is 181 Å². The van der Waals surface area contributed by atoms with Gasteiger partial charge in [0.15, 0.2) is 0 Å². The Kier molecular flexibility index (Phi) is 5.81. The number of anilines is 4. The van der Waals surface area contributed by atoms with Gasteiger partial charge in [0.05, 0.1) is 0 Å². The number of nitrogen functional groups attached to an aromatic ring is 1. The van der Waals surface area contributed by atoms with Gasteiger partial charge in [-0.05, 0) is 0 Å². The second-order valence-electron chi connectivity index (χ2n) is 6.78. The van der Waals surface area contributed by atoms with E-state index >= 15 is 0 Å². The third-order valence-electron chi connectivity index (χ3n) is 4.55. The molecule has 0 atom stereocenters. The minimum absolute atomic E-state index is 0.167. The predicted molar refractivity (Wildman–Crippen MR) is 128 cm³/mol. The molecule has 0 amide bonds. The number of para-hydroxylation sites is 2. The molecule has 4 N–H and O–H groups in total. The first kappa shape index (κ1) is 20.0.